The molecule has 1 rings (SSSR count). The Bertz CT molecular complexity index is 218. The summed E-state index contributed by atoms with van der Waals surface area (Å²) >= 11 is 0. The van der Waals surface area contributed by atoms with Gasteiger partial charge in [0.15, 0.2) is 0 Å². The van der Waals surface area contributed by atoms with Crippen molar-refractivity contribution < 1.29 is 4.74 Å². The molecule has 0 heterocycles. The molecule has 0 aliphatic heterocycles. The van der Waals surface area contributed by atoms with Crippen molar-refractivity contribution in [1.29, 1.82) is 5.41 Å². The Balaban J connectivity index is 0.000001000. The van der Waals surface area contributed by atoms with Gasteiger partial charge in [0.2, 0.25) is 5.90 Å². The van der Waals surface area contributed by atoms with Crippen LogP contribution in [0.2, 0.25) is 0 Å². The lowest BCUT2D eigenvalue weighted by molar-refractivity contribution is 0.401. The quantitative estimate of drug-likeness (QED) is 0.485. The SMILES string of the molecule is C.COC(=N)c1ccccc1. The van der Waals surface area contributed by atoms with Gasteiger partial charge in [-0.15, -0.1) is 0 Å². The summed E-state index contributed by atoms with van der Waals surface area (Å²) in [6.07, 6.45) is 0. The van der Waals surface area contributed by atoms with E-state index >= 15 is 0 Å². The molecule has 1 aromatic rings. The average Bonchev–Trinajstić information content (AvgIpc) is 2.05. The molecule has 0 unspecified atom stereocenters. The fraction of sp³-hybridized carbons (Fsp3) is 0.222. The van der Waals surface area contributed by atoms with E-state index < -0.39 is 0 Å². The Morgan fingerprint density at radius 1 is 1.27 bits per heavy atom. The highest BCUT2D eigenvalue weighted by Gasteiger charge is 1.95. The summed E-state index contributed by atoms with van der Waals surface area (Å²) < 4.78 is 4.72. The summed E-state index contributed by atoms with van der Waals surface area (Å²) in [6, 6.07) is 9.34. The first-order valence-electron chi connectivity index (χ1n) is 3.02. The number of ether oxygens (including phenoxy) is 1. The molecule has 11 heavy (non-hydrogen) atoms. The van der Waals surface area contributed by atoms with Crippen LogP contribution in [-0.2, 0) is 4.74 Å². The molecule has 0 aliphatic rings. The predicted molar refractivity (Wildman–Crippen MR) is 47.0 cm³/mol. The maximum Gasteiger partial charge on any atom is 0.212 e. The molecule has 0 aliphatic carbocycles. The van der Waals surface area contributed by atoms with Crippen LogP contribution in [0.25, 0.3) is 0 Å². The summed E-state index contributed by atoms with van der Waals surface area (Å²) in [5.74, 6) is 0.209. The fourth-order valence-electron chi connectivity index (χ4n) is 0.707. The average molecular weight is 151 g/mol. The summed E-state index contributed by atoms with van der Waals surface area (Å²) in [5.41, 5.74) is 0.810. The van der Waals surface area contributed by atoms with Gasteiger partial charge in [0, 0.05) is 5.56 Å². The van der Waals surface area contributed by atoms with Gasteiger partial charge < -0.3 is 4.74 Å². The highest BCUT2D eigenvalue weighted by atomic mass is 16.5. The first-order chi connectivity index (χ1) is 4.84. The van der Waals surface area contributed by atoms with Gasteiger partial charge in [-0.05, 0) is 12.1 Å². The second-order valence-electron chi connectivity index (χ2n) is 1.90. The minimum atomic E-state index is 0. The fourth-order valence-corrected chi connectivity index (χ4v) is 0.707. The topological polar surface area (TPSA) is 33.1 Å². The molecule has 0 amide bonds. The van der Waals surface area contributed by atoms with Gasteiger partial charge in [0.05, 0.1) is 7.11 Å². The molecule has 2 nitrogen and oxygen atoms in total. The highest BCUT2D eigenvalue weighted by Crippen LogP contribution is 1.98. The molecule has 0 saturated carbocycles. The Labute approximate surface area is 67.3 Å². The van der Waals surface area contributed by atoms with Crippen LogP contribution < -0.4 is 0 Å². The Hall–Kier alpha value is -1.31. The maximum atomic E-state index is 7.26. The standard InChI is InChI=1S/C8H9NO.CH4/c1-10-8(9)7-5-3-2-4-6-7;/h2-6,9H,1H3;1H4. The van der Waals surface area contributed by atoms with Gasteiger partial charge in [-0.2, -0.15) is 0 Å². The van der Waals surface area contributed by atoms with Crippen molar-refractivity contribution in [2.45, 2.75) is 7.43 Å². The van der Waals surface area contributed by atoms with Crippen molar-refractivity contribution in [3.8, 4) is 0 Å². The van der Waals surface area contributed by atoms with E-state index in [9.17, 15) is 0 Å². The Kier molecular flexibility index (Phi) is 3.96. The number of nitrogens with one attached hydrogen (secondary N) is 1. The Morgan fingerprint density at radius 3 is 2.27 bits per heavy atom. The maximum absolute atomic E-state index is 7.26. The normalized spacial score (nSPS) is 8.09. The number of methoxy groups -OCH3 is 1. The number of rotatable bonds is 1. The number of benzene rings is 1. The first kappa shape index (κ1) is 9.69. The van der Waals surface area contributed by atoms with Crippen LogP contribution in [0.4, 0.5) is 0 Å². The third-order valence-corrected chi connectivity index (χ3v) is 1.24. The van der Waals surface area contributed by atoms with Crippen molar-refractivity contribution in [1.82, 2.24) is 0 Å². The third kappa shape index (κ3) is 2.42. The van der Waals surface area contributed by atoms with E-state index in [4.69, 9.17) is 10.1 Å². The van der Waals surface area contributed by atoms with Crippen molar-refractivity contribution in [2.24, 2.45) is 0 Å². The van der Waals surface area contributed by atoms with E-state index in [0.29, 0.717) is 0 Å². The van der Waals surface area contributed by atoms with Gasteiger partial charge in [0.25, 0.3) is 0 Å². The summed E-state index contributed by atoms with van der Waals surface area (Å²) in [6.45, 7) is 0. The number of hydrogen-bond donors (Lipinski definition) is 1. The molecule has 0 fully saturated rings. The molecule has 0 spiro atoms. The van der Waals surface area contributed by atoms with Gasteiger partial charge in [0.1, 0.15) is 0 Å². The zero-order valence-electron chi connectivity index (χ0n) is 5.79. The molecule has 2 heteroatoms. The van der Waals surface area contributed by atoms with E-state index in [1.807, 2.05) is 30.3 Å². The minimum Gasteiger partial charge on any atom is -0.481 e. The molecule has 0 aromatic heterocycles. The van der Waals surface area contributed by atoms with Gasteiger partial charge in [-0.25, -0.2) is 0 Å². The lowest BCUT2D eigenvalue weighted by Gasteiger charge is -1.99. The summed E-state index contributed by atoms with van der Waals surface area (Å²) in [4.78, 5) is 0. The zero-order valence-corrected chi connectivity index (χ0v) is 5.79. The second-order valence-corrected chi connectivity index (χ2v) is 1.90. The molecule has 0 bridgehead atoms. The molecule has 0 atom stereocenters. The van der Waals surface area contributed by atoms with E-state index in [1.54, 1.807) is 0 Å². The molecular formula is C9H13NO. The van der Waals surface area contributed by atoms with Crippen LogP contribution >= 0.6 is 0 Å². The van der Waals surface area contributed by atoms with Crippen molar-refractivity contribution in [3.63, 3.8) is 0 Å². The monoisotopic (exact) mass is 151 g/mol. The van der Waals surface area contributed by atoms with Gasteiger partial charge in [-0.3, -0.25) is 5.41 Å². The first-order valence-corrected chi connectivity index (χ1v) is 3.02. The molecule has 1 aromatic carbocycles. The van der Waals surface area contributed by atoms with E-state index in [1.165, 1.54) is 7.11 Å². The highest BCUT2D eigenvalue weighted by molar-refractivity contribution is 5.91. The molecular weight excluding hydrogens is 138 g/mol. The molecule has 1 N–H and O–H groups in total. The van der Waals surface area contributed by atoms with Gasteiger partial charge in [-0.1, -0.05) is 25.6 Å². The summed E-state index contributed by atoms with van der Waals surface area (Å²) in [7, 11) is 1.50. The van der Waals surface area contributed by atoms with E-state index in [2.05, 4.69) is 0 Å². The molecule has 0 saturated heterocycles. The van der Waals surface area contributed by atoms with E-state index in [0.717, 1.165) is 5.56 Å². The van der Waals surface area contributed by atoms with Gasteiger partial charge >= 0.3 is 0 Å². The lowest BCUT2D eigenvalue weighted by Crippen LogP contribution is -1.99. The molecule has 60 valence electrons. The van der Waals surface area contributed by atoms with Crippen molar-refractivity contribution >= 4 is 5.90 Å². The van der Waals surface area contributed by atoms with Crippen LogP contribution in [0.5, 0.6) is 0 Å². The third-order valence-electron chi connectivity index (χ3n) is 1.24. The predicted octanol–water partition coefficient (Wildman–Crippen LogP) is 2.29. The summed E-state index contributed by atoms with van der Waals surface area (Å²) in [5, 5.41) is 7.26. The lowest BCUT2D eigenvalue weighted by atomic mass is 10.2. The van der Waals surface area contributed by atoms with Crippen molar-refractivity contribution in [2.75, 3.05) is 7.11 Å². The van der Waals surface area contributed by atoms with Crippen LogP contribution in [0, 0.1) is 5.41 Å². The number of hydrogen-bond acceptors (Lipinski definition) is 2. The minimum absolute atomic E-state index is 0. The van der Waals surface area contributed by atoms with E-state index in [-0.39, 0.29) is 13.3 Å². The smallest absolute Gasteiger partial charge is 0.212 e. The second kappa shape index (κ2) is 4.50. The largest absolute Gasteiger partial charge is 0.481 e. The van der Waals surface area contributed by atoms with Crippen LogP contribution in [-0.4, -0.2) is 13.0 Å². The van der Waals surface area contributed by atoms with Crippen molar-refractivity contribution in [3.05, 3.63) is 35.9 Å². The Morgan fingerprint density at radius 2 is 1.82 bits per heavy atom. The zero-order chi connectivity index (χ0) is 7.40. The van der Waals surface area contributed by atoms with Crippen LogP contribution in [0.1, 0.15) is 13.0 Å². The van der Waals surface area contributed by atoms with Crippen LogP contribution in [0.15, 0.2) is 30.3 Å². The molecule has 0 radical (unpaired) electrons. The van der Waals surface area contributed by atoms with Crippen LogP contribution in [0.3, 0.4) is 0 Å².